The maximum atomic E-state index is 11.7. The van der Waals surface area contributed by atoms with Crippen LogP contribution in [0.4, 0.5) is 0 Å². The summed E-state index contributed by atoms with van der Waals surface area (Å²) >= 11 is 6.63. The van der Waals surface area contributed by atoms with E-state index < -0.39 is 5.97 Å². The summed E-state index contributed by atoms with van der Waals surface area (Å²) in [5.41, 5.74) is 1.51. The quantitative estimate of drug-likeness (QED) is 0.622. The Morgan fingerprint density at radius 1 is 1.56 bits per heavy atom. The predicted octanol–water partition coefficient (Wildman–Crippen LogP) is 3.39. The van der Waals surface area contributed by atoms with E-state index in [1.165, 1.54) is 0 Å². The minimum atomic E-state index is -0.478. The van der Waals surface area contributed by atoms with E-state index in [-0.39, 0.29) is 6.61 Å². The van der Waals surface area contributed by atoms with E-state index >= 15 is 0 Å². The molecular weight excluding hydrogens is 338 g/mol. The van der Waals surface area contributed by atoms with Crippen LogP contribution in [-0.4, -0.2) is 12.6 Å². The van der Waals surface area contributed by atoms with Gasteiger partial charge in [-0.25, -0.2) is 4.79 Å². The molecule has 5 heteroatoms. The molecule has 0 heterocycles. The van der Waals surface area contributed by atoms with Crippen LogP contribution in [0.15, 0.2) is 16.6 Å². The first kappa shape index (κ1) is 13.2. The summed E-state index contributed by atoms with van der Waals surface area (Å²) in [7, 11) is 0. The Morgan fingerprint density at radius 3 is 2.75 bits per heavy atom. The van der Waals surface area contributed by atoms with Crippen LogP contribution in [0.5, 0.6) is 0 Å². The van der Waals surface area contributed by atoms with Crippen molar-refractivity contribution in [1.29, 1.82) is 5.26 Å². The number of hydrogen-bond donors (Lipinski definition) is 0. The number of rotatable bonds is 3. The van der Waals surface area contributed by atoms with Crippen molar-refractivity contribution >= 4 is 37.8 Å². The average Bonchev–Trinajstić information content (AvgIpc) is 2.28. The Hall–Kier alpha value is -0.860. The zero-order valence-electron chi connectivity index (χ0n) is 8.59. The Kier molecular flexibility index (Phi) is 4.97. The first-order valence-electron chi connectivity index (χ1n) is 4.60. The van der Waals surface area contributed by atoms with Crippen molar-refractivity contribution in [2.24, 2.45) is 0 Å². The molecule has 0 aromatic heterocycles. The van der Waals surface area contributed by atoms with Gasteiger partial charge in [-0.05, 0) is 34.5 Å². The highest BCUT2D eigenvalue weighted by atomic mass is 79.9. The van der Waals surface area contributed by atoms with Gasteiger partial charge >= 0.3 is 5.97 Å². The largest absolute Gasteiger partial charge is 0.462 e. The molecule has 1 aromatic rings. The molecule has 16 heavy (non-hydrogen) atoms. The van der Waals surface area contributed by atoms with E-state index in [0.717, 1.165) is 5.56 Å². The van der Waals surface area contributed by atoms with Crippen LogP contribution < -0.4 is 0 Å². The van der Waals surface area contributed by atoms with Crippen LogP contribution in [0.2, 0.25) is 0 Å². The molecule has 0 radical (unpaired) electrons. The lowest BCUT2D eigenvalue weighted by atomic mass is 10.1. The third-order valence-corrected chi connectivity index (χ3v) is 3.48. The molecule has 0 unspecified atom stereocenters. The summed E-state index contributed by atoms with van der Waals surface area (Å²) in [6.07, 6.45) is 0. The van der Waals surface area contributed by atoms with Gasteiger partial charge in [0.05, 0.1) is 17.7 Å². The van der Waals surface area contributed by atoms with Gasteiger partial charge in [0.1, 0.15) is 6.07 Å². The fraction of sp³-hybridized carbons (Fsp3) is 0.273. The summed E-state index contributed by atoms with van der Waals surface area (Å²) in [5, 5.41) is 9.54. The van der Waals surface area contributed by atoms with Crippen molar-refractivity contribution in [3.63, 3.8) is 0 Å². The average molecular weight is 347 g/mol. The first-order chi connectivity index (χ1) is 7.65. The van der Waals surface area contributed by atoms with Crippen molar-refractivity contribution in [3.8, 4) is 6.07 Å². The van der Waals surface area contributed by atoms with E-state index in [2.05, 4.69) is 31.9 Å². The zero-order valence-corrected chi connectivity index (χ0v) is 11.8. The number of ether oxygens (including phenoxy) is 1. The van der Waals surface area contributed by atoms with Crippen LogP contribution in [0, 0.1) is 11.3 Å². The predicted molar refractivity (Wildman–Crippen MR) is 67.4 cm³/mol. The van der Waals surface area contributed by atoms with E-state index in [1.54, 1.807) is 19.1 Å². The van der Waals surface area contributed by atoms with Crippen molar-refractivity contribution in [1.82, 2.24) is 0 Å². The van der Waals surface area contributed by atoms with Gasteiger partial charge in [0.2, 0.25) is 0 Å². The summed E-state index contributed by atoms with van der Waals surface area (Å²) in [5.74, 6) is -0.478. The molecule has 1 rings (SSSR count). The molecule has 0 amide bonds. The standard InChI is InChI=1S/C11H9Br2NO2/c1-2-16-11(15)9-8(6-14)4-3-7(5-12)10(9)13/h3-4H,2,5H2,1H3. The van der Waals surface area contributed by atoms with Gasteiger partial charge in [0.25, 0.3) is 0 Å². The number of alkyl halides is 1. The molecule has 0 aliphatic carbocycles. The van der Waals surface area contributed by atoms with Gasteiger partial charge in [-0.2, -0.15) is 5.26 Å². The van der Waals surface area contributed by atoms with Gasteiger partial charge in [-0.3, -0.25) is 0 Å². The SMILES string of the molecule is CCOC(=O)c1c(C#N)ccc(CBr)c1Br. The molecule has 0 N–H and O–H groups in total. The van der Waals surface area contributed by atoms with E-state index in [9.17, 15) is 4.79 Å². The second kappa shape index (κ2) is 6.02. The Balaban J connectivity index is 3.33. The number of benzene rings is 1. The van der Waals surface area contributed by atoms with Crippen LogP contribution >= 0.6 is 31.9 Å². The second-order valence-electron chi connectivity index (χ2n) is 2.93. The third-order valence-electron chi connectivity index (χ3n) is 1.97. The Bertz CT molecular complexity index is 452. The molecule has 0 saturated carbocycles. The van der Waals surface area contributed by atoms with Crippen LogP contribution in [0.25, 0.3) is 0 Å². The third kappa shape index (κ3) is 2.63. The summed E-state index contributed by atoms with van der Waals surface area (Å²) < 4.78 is 5.53. The maximum absolute atomic E-state index is 11.7. The molecule has 1 aromatic carbocycles. The van der Waals surface area contributed by atoms with Gasteiger partial charge in [0.15, 0.2) is 0 Å². The molecule has 0 atom stereocenters. The summed E-state index contributed by atoms with van der Waals surface area (Å²) in [4.78, 5) is 11.7. The van der Waals surface area contributed by atoms with Gasteiger partial charge in [-0.15, -0.1) is 0 Å². The van der Waals surface area contributed by atoms with Crippen molar-refractivity contribution < 1.29 is 9.53 Å². The fourth-order valence-corrected chi connectivity index (χ4v) is 2.71. The normalized spacial score (nSPS) is 9.62. The monoisotopic (exact) mass is 345 g/mol. The number of hydrogen-bond acceptors (Lipinski definition) is 3. The lowest BCUT2D eigenvalue weighted by molar-refractivity contribution is 0.0525. The summed E-state index contributed by atoms with van der Waals surface area (Å²) in [6.45, 7) is 2.01. The van der Waals surface area contributed by atoms with E-state index in [0.29, 0.717) is 20.9 Å². The molecule has 84 valence electrons. The number of halogens is 2. The van der Waals surface area contributed by atoms with Crippen LogP contribution in [-0.2, 0) is 10.1 Å². The zero-order chi connectivity index (χ0) is 12.1. The number of nitrogens with zero attached hydrogens (tertiary/aromatic N) is 1. The molecule has 0 bridgehead atoms. The van der Waals surface area contributed by atoms with Gasteiger partial charge in [0, 0.05) is 9.80 Å². The Labute approximate surface area is 111 Å². The smallest absolute Gasteiger partial charge is 0.340 e. The first-order valence-corrected chi connectivity index (χ1v) is 6.51. The molecular formula is C11H9Br2NO2. The molecule has 3 nitrogen and oxygen atoms in total. The highest BCUT2D eigenvalue weighted by Gasteiger charge is 2.18. The van der Waals surface area contributed by atoms with Crippen LogP contribution in [0.3, 0.4) is 0 Å². The lowest BCUT2D eigenvalue weighted by Gasteiger charge is -2.09. The summed E-state index contributed by atoms with van der Waals surface area (Å²) in [6, 6.07) is 5.39. The molecule has 0 aliphatic rings. The molecule has 0 saturated heterocycles. The topological polar surface area (TPSA) is 50.1 Å². The van der Waals surface area contributed by atoms with Crippen molar-refractivity contribution in [2.75, 3.05) is 6.61 Å². The number of esters is 1. The molecule has 0 aliphatic heterocycles. The van der Waals surface area contributed by atoms with E-state index in [1.807, 2.05) is 6.07 Å². The number of nitriles is 1. The highest BCUT2D eigenvalue weighted by molar-refractivity contribution is 9.10. The minimum Gasteiger partial charge on any atom is -0.462 e. The fourth-order valence-electron chi connectivity index (χ4n) is 1.22. The molecule has 0 fully saturated rings. The number of carbonyl (C=O) groups excluding carboxylic acids is 1. The second-order valence-corrected chi connectivity index (χ2v) is 4.28. The van der Waals surface area contributed by atoms with Gasteiger partial charge in [-0.1, -0.05) is 22.0 Å². The number of carbonyl (C=O) groups is 1. The Morgan fingerprint density at radius 2 is 2.25 bits per heavy atom. The minimum absolute atomic E-state index is 0.286. The molecule has 0 spiro atoms. The lowest BCUT2D eigenvalue weighted by Crippen LogP contribution is -2.09. The van der Waals surface area contributed by atoms with Gasteiger partial charge < -0.3 is 4.74 Å². The van der Waals surface area contributed by atoms with Crippen molar-refractivity contribution in [2.45, 2.75) is 12.3 Å². The van der Waals surface area contributed by atoms with Crippen LogP contribution in [0.1, 0.15) is 28.4 Å². The maximum Gasteiger partial charge on any atom is 0.340 e. The van der Waals surface area contributed by atoms with E-state index in [4.69, 9.17) is 10.00 Å². The van der Waals surface area contributed by atoms with Crippen molar-refractivity contribution in [3.05, 3.63) is 33.3 Å². The highest BCUT2D eigenvalue weighted by Crippen LogP contribution is 2.27.